The minimum atomic E-state index is 0.384. The summed E-state index contributed by atoms with van der Waals surface area (Å²) < 4.78 is 0. The molecule has 1 fully saturated rings. The van der Waals surface area contributed by atoms with Gasteiger partial charge in [-0.15, -0.1) is 0 Å². The Morgan fingerprint density at radius 3 is 2.68 bits per heavy atom. The molecular weight excluding hydrogens is 258 g/mol. The molecule has 0 spiro atoms. The third-order valence-corrected chi connectivity index (χ3v) is 4.32. The average Bonchev–Trinajstić information content (AvgIpc) is 2.54. The van der Waals surface area contributed by atoms with Gasteiger partial charge in [-0.3, -0.25) is 0 Å². The van der Waals surface area contributed by atoms with Gasteiger partial charge in [0.05, 0.1) is 10.7 Å². The maximum Gasteiger partial charge on any atom is 0.151 e. The van der Waals surface area contributed by atoms with Crippen molar-refractivity contribution in [1.82, 2.24) is 4.98 Å². The van der Waals surface area contributed by atoms with Crippen LogP contribution >= 0.6 is 11.6 Å². The smallest absolute Gasteiger partial charge is 0.151 e. The summed E-state index contributed by atoms with van der Waals surface area (Å²) in [5.74, 6) is 1.66. The van der Waals surface area contributed by atoms with Crippen LogP contribution < -0.4 is 10.6 Å². The Hall–Kier alpha value is -0.960. The van der Waals surface area contributed by atoms with E-state index in [1.807, 2.05) is 0 Å². The van der Waals surface area contributed by atoms with Crippen LogP contribution in [0.2, 0.25) is 5.02 Å². The van der Waals surface area contributed by atoms with Gasteiger partial charge in [0.15, 0.2) is 5.82 Å². The number of anilines is 2. The molecule has 2 rings (SSSR count). The molecule has 1 atom stereocenters. The Kier molecular flexibility index (Phi) is 4.24. The number of rotatable bonds is 1. The highest BCUT2D eigenvalue weighted by Crippen LogP contribution is 2.35. The number of hydrogen-bond donors (Lipinski definition) is 1. The van der Waals surface area contributed by atoms with Crippen LogP contribution in [0, 0.1) is 11.3 Å². The molecule has 1 saturated heterocycles. The van der Waals surface area contributed by atoms with Crippen LogP contribution in [-0.4, -0.2) is 18.1 Å². The van der Waals surface area contributed by atoms with E-state index in [0.717, 1.165) is 24.8 Å². The zero-order valence-electron chi connectivity index (χ0n) is 12.1. The van der Waals surface area contributed by atoms with Gasteiger partial charge < -0.3 is 10.6 Å². The lowest BCUT2D eigenvalue weighted by atomic mass is 9.77. The molecule has 2 heterocycles. The molecule has 1 aromatic heterocycles. The first kappa shape index (κ1) is 14.4. The van der Waals surface area contributed by atoms with Crippen LogP contribution in [0.3, 0.4) is 0 Å². The minimum absolute atomic E-state index is 0.384. The summed E-state index contributed by atoms with van der Waals surface area (Å²) >= 11 is 5.91. The molecule has 1 aromatic rings. The zero-order chi connectivity index (χ0) is 14.0. The number of hydrogen-bond acceptors (Lipinski definition) is 3. The lowest BCUT2D eigenvalue weighted by Crippen LogP contribution is -2.27. The van der Waals surface area contributed by atoms with Gasteiger partial charge in [0.25, 0.3) is 0 Å². The Bertz CT molecular complexity index is 440. The molecule has 106 valence electrons. The predicted molar refractivity (Wildman–Crippen MR) is 82.7 cm³/mol. The van der Waals surface area contributed by atoms with Crippen LogP contribution in [0.1, 0.15) is 40.0 Å². The van der Waals surface area contributed by atoms with Crippen molar-refractivity contribution in [2.45, 2.75) is 40.0 Å². The number of nitrogen functional groups attached to an aromatic ring is 1. The van der Waals surface area contributed by atoms with Crippen molar-refractivity contribution in [2.75, 3.05) is 23.7 Å². The molecule has 19 heavy (non-hydrogen) atoms. The normalized spacial score (nSPS) is 21.3. The van der Waals surface area contributed by atoms with Crippen molar-refractivity contribution in [3.05, 3.63) is 17.3 Å². The molecule has 0 aromatic carbocycles. The van der Waals surface area contributed by atoms with E-state index in [4.69, 9.17) is 17.3 Å². The maximum atomic E-state index is 6.04. The Labute approximate surface area is 121 Å². The lowest BCUT2D eigenvalue weighted by Gasteiger charge is -2.30. The quantitative estimate of drug-likeness (QED) is 0.847. The second kappa shape index (κ2) is 5.58. The van der Waals surface area contributed by atoms with E-state index in [9.17, 15) is 0 Å². The number of aromatic nitrogens is 1. The second-order valence-corrected chi connectivity index (χ2v) is 6.98. The first-order valence-corrected chi connectivity index (χ1v) is 7.41. The molecule has 0 radical (unpaired) electrons. The number of halogens is 1. The number of nitrogens with zero attached hydrogens (tertiary/aromatic N) is 2. The summed E-state index contributed by atoms with van der Waals surface area (Å²) in [5, 5.41) is 0.601. The van der Waals surface area contributed by atoms with Crippen molar-refractivity contribution < 1.29 is 0 Å². The standard InChI is InChI=1S/C15H24ClN3/c1-15(2,3)11-5-4-7-19(8-6-11)14-13(17)9-12(16)10-18-14/h9-11H,4-8,17H2,1-3H3. The van der Waals surface area contributed by atoms with Crippen molar-refractivity contribution >= 4 is 23.1 Å². The first-order chi connectivity index (χ1) is 8.88. The van der Waals surface area contributed by atoms with Crippen molar-refractivity contribution in [1.29, 1.82) is 0 Å². The highest BCUT2D eigenvalue weighted by molar-refractivity contribution is 6.30. The van der Waals surface area contributed by atoms with E-state index in [0.29, 0.717) is 16.1 Å². The lowest BCUT2D eigenvalue weighted by molar-refractivity contribution is 0.220. The van der Waals surface area contributed by atoms with Gasteiger partial charge in [0.2, 0.25) is 0 Å². The van der Waals surface area contributed by atoms with E-state index >= 15 is 0 Å². The fourth-order valence-corrected chi connectivity index (χ4v) is 3.05. The topological polar surface area (TPSA) is 42.2 Å². The molecule has 2 N–H and O–H groups in total. The molecule has 1 aliphatic heterocycles. The molecule has 0 aliphatic carbocycles. The Balaban J connectivity index is 2.11. The second-order valence-electron chi connectivity index (χ2n) is 6.55. The number of nitrogens with two attached hydrogens (primary N) is 1. The molecule has 0 amide bonds. The molecule has 3 nitrogen and oxygen atoms in total. The van der Waals surface area contributed by atoms with Crippen molar-refractivity contribution in [3.63, 3.8) is 0 Å². The summed E-state index contributed by atoms with van der Waals surface area (Å²) in [5.41, 5.74) is 7.10. The summed E-state index contributed by atoms with van der Waals surface area (Å²) in [4.78, 5) is 6.70. The van der Waals surface area contributed by atoms with Gasteiger partial charge in [-0.25, -0.2) is 4.98 Å². The molecule has 4 heteroatoms. The van der Waals surface area contributed by atoms with Crippen molar-refractivity contribution in [2.24, 2.45) is 11.3 Å². The van der Waals surface area contributed by atoms with Gasteiger partial charge >= 0.3 is 0 Å². The third kappa shape index (κ3) is 3.53. The van der Waals surface area contributed by atoms with Crippen LogP contribution in [-0.2, 0) is 0 Å². The molecule has 1 unspecified atom stereocenters. The van der Waals surface area contributed by atoms with Gasteiger partial charge in [-0.2, -0.15) is 0 Å². The monoisotopic (exact) mass is 281 g/mol. The van der Waals surface area contributed by atoms with Gasteiger partial charge in [0, 0.05) is 19.3 Å². The molecular formula is C15H24ClN3. The highest BCUT2D eigenvalue weighted by atomic mass is 35.5. The SMILES string of the molecule is CC(C)(C)C1CCCN(c2ncc(Cl)cc2N)CC1. The van der Waals surface area contributed by atoms with E-state index in [1.165, 1.54) is 19.3 Å². The Morgan fingerprint density at radius 1 is 1.32 bits per heavy atom. The summed E-state index contributed by atoms with van der Waals surface area (Å²) in [6, 6.07) is 1.79. The average molecular weight is 282 g/mol. The fourth-order valence-electron chi connectivity index (χ4n) is 2.89. The predicted octanol–water partition coefficient (Wildman–Crippen LogP) is 3.97. The van der Waals surface area contributed by atoms with E-state index in [2.05, 4.69) is 30.7 Å². The number of pyridine rings is 1. The third-order valence-electron chi connectivity index (χ3n) is 4.11. The highest BCUT2D eigenvalue weighted by Gasteiger charge is 2.27. The van der Waals surface area contributed by atoms with Crippen molar-refractivity contribution in [3.8, 4) is 0 Å². The Morgan fingerprint density at radius 2 is 2.05 bits per heavy atom. The molecule has 0 bridgehead atoms. The van der Waals surface area contributed by atoms with E-state index in [-0.39, 0.29) is 0 Å². The minimum Gasteiger partial charge on any atom is -0.396 e. The van der Waals surface area contributed by atoms with Crippen LogP contribution in [0.5, 0.6) is 0 Å². The van der Waals surface area contributed by atoms with Crippen LogP contribution in [0.4, 0.5) is 11.5 Å². The summed E-state index contributed by atoms with van der Waals surface area (Å²) in [7, 11) is 0. The van der Waals surface area contributed by atoms with E-state index in [1.54, 1.807) is 12.3 Å². The maximum absolute atomic E-state index is 6.04. The van der Waals surface area contributed by atoms with Crippen LogP contribution in [0.15, 0.2) is 12.3 Å². The van der Waals surface area contributed by atoms with Gasteiger partial charge in [0.1, 0.15) is 0 Å². The fraction of sp³-hybridized carbons (Fsp3) is 0.667. The van der Waals surface area contributed by atoms with Gasteiger partial charge in [-0.1, -0.05) is 32.4 Å². The van der Waals surface area contributed by atoms with Gasteiger partial charge in [-0.05, 0) is 36.7 Å². The van der Waals surface area contributed by atoms with Crippen LogP contribution in [0.25, 0.3) is 0 Å². The zero-order valence-corrected chi connectivity index (χ0v) is 12.9. The first-order valence-electron chi connectivity index (χ1n) is 7.04. The summed E-state index contributed by atoms with van der Waals surface area (Å²) in [6.07, 6.45) is 5.37. The van der Waals surface area contributed by atoms with E-state index < -0.39 is 0 Å². The summed E-state index contributed by atoms with van der Waals surface area (Å²) in [6.45, 7) is 9.07. The molecule has 1 aliphatic rings. The molecule has 0 saturated carbocycles. The largest absolute Gasteiger partial charge is 0.396 e.